The fourth-order valence-corrected chi connectivity index (χ4v) is 2.42. The van der Waals surface area contributed by atoms with Crippen molar-refractivity contribution in [2.24, 2.45) is 0 Å². The lowest BCUT2D eigenvalue weighted by atomic mass is 10.3. The maximum absolute atomic E-state index is 11.7. The van der Waals surface area contributed by atoms with Crippen LogP contribution in [0.25, 0.3) is 0 Å². The van der Waals surface area contributed by atoms with Crippen LogP contribution < -0.4 is 10.5 Å². The van der Waals surface area contributed by atoms with Crippen LogP contribution >= 0.6 is 11.6 Å². The van der Waals surface area contributed by atoms with Crippen molar-refractivity contribution in [1.82, 2.24) is 4.72 Å². The summed E-state index contributed by atoms with van der Waals surface area (Å²) in [4.78, 5) is 0.0213. The highest BCUT2D eigenvalue weighted by atomic mass is 35.5. The first kappa shape index (κ1) is 13.2. The molecule has 0 saturated heterocycles. The maximum Gasteiger partial charge on any atom is 0.242 e. The van der Waals surface area contributed by atoms with Crippen molar-refractivity contribution >= 4 is 27.3 Å². The van der Waals surface area contributed by atoms with E-state index in [1.807, 2.05) is 0 Å². The quantitative estimate of drug-likeness (QED) is 0.610. The van der Waals surface area contributed by atoms with E-state index in [4.69, 9.17) is 22.1 Å². The van der Waals surface area contributed by atoms with Crippen molar-refractivity contribution in [2.45, 2.75) is 4.90 Å². The summed E-state index contributed by atoms with van der Waals surface area (Å²) >= 11 is 5.68. The Morgan fingerprint density at radius 3 is 2.75 bits per heavy atom. The fraction of sp³-hybridized carbons (Fsp3) is 0.333. The molecule has 0 saturated carbocycles. The van der Waals surface area contributed by atoms with Crippen LogP contribution in [0.5, 0.6) is 0 Å². The molecule has 0 amide bonds. The van der Waals surface area contributed by atoms with Gasteiger partial charge in [0.2, 0.25) is 10.0 Å². The minimum Gasteiger partial charge on any atom is -0.398 e. The Hall–Kier alpha value is -0.820. The fourth-order valence-electron chi connectivity index (χ4n) is 1.12. The lowest BCUT2D eigenvalue weighted by molar-refractivity contribution is 0.204. The third-order valence-corrected chi connectivity index (χ3v) is 3.63. The van der Waals surface area contributed by atoms with Gasteiger partial charge >= 0.3 is 0 Å². The third kappa shape index (κ3) is 3.34. The molecule has 1 aromatic carbocycles. The first-order valence-corrected chi connectivity index (χ1v) is 6.37. The molecule has 0 fully saturated rings. The number of hydrogen-bond donors (Lipinski definition) is 2. The van der Waals surface area contributed by atoms with Gasteiger partial charge in [0.05, 0.1) is 12.3 Å². The molecule has 3 N–H and O–H groups in total. The van der Waals surface area contributed by atoms with Crippen LogP contribution in [0.3, 0.4) is 0 Å². The van der Waals surface area contributed by atoms with E-state index < -0.39 is 10.0 Å². The van der Waals surface area contributed by atoms with Crippen LogP contribution in [0.1, 0.15) is 0 Å². The maximum atomic E-state index is 11.7. The zero-order chi connectivity index (χ0) is 12.2. The second-order valence-electron chi connectivity index (χ2n) is 3.07. The van der Waals surface area contributed by atoms with Crippen LogP contribution in [-0.4, -0.2) is 28.7 Å². The molecule has 90 valence electrons. The summed E-state index contributed by atoms with van der Waals surface area (Å²) in [5.74, 6) is 0. The summed E-state index contributed by atoms with van der Waals surface area (Å²) in [5.41, 5.74) is 5.70. The lowest BCUT2D eigenvalue weighted by Crippen LogP contribution is -2.27. The van der Waals surface area contributed by atoms with Crippen molar-refractivity contribution in [3.8, 4) is 0 Å². The van der Waals surface area contributed by atoms with Crippen LogP contribution in [0.15, 0.2) is 23.1 Å². The standard InChI is InChI=1S/C9H13ClN2O3S/c1-15-5-4-12-16(13,14)9-3-2-7(10)6-8(9)11/h2-3,6,12H,4-5,11H2,1H3. The second kappa shape index (κ2) is 5.49. The summed E-state index contributed by atoms with van der Waals surface area (Å²) in [7, 11) is -2.10. The minimum absolute atomic E-state index is 0.0213. The molecule has 1 aromatic rings. The molecule has 0 spiro atoms. The average molecular weight is 265 g/mol. The number of anilines is 1. The molecule has 0 unspecified atom stereocenters. The molecule has 0 aromatic heterocycles. The first-order valence-electron chi connectivity index (χ1n) is 4.51. The Morgan fingerprint density at radius 1 is 1.50 bits per heavy atom. The van der Waals surface area contributed by atoms with Crippen LogP contribution in [0, 0.1) is 0 Å². The van der Waals surface area contributed by atoms with Crippen LogP contribution in [0.2, 0.25) is 5.02 Å². The van der Waals surface area contributed by atoms with Crippen molar-refractivity contribution in [2.75, 3.05) is 26.0 Å². The van der Waals surface area contributed by atoms with Gasteiger partial charge in [0.1, 0.15) is 4.90 Å². The highest BCUT2D eigenvalue weighted by Gasteiger charge is 2.16. The molecule has 0 aliphatic rings. The van der Waals surface area contributed by atoms with E-state index in [2.05, 4.69) is 4.72 Å². The molecular weight excluding hydrogens is 252 g/mol. The lowest BCUT2D eigenvalue weighted by Gasteiger charge is -2.08. The van der Waals surface area contributed by atoms with Gasteiger partial charge in [-0.15, -0.1) is 0 Å². The highest BCUT2D eigenvalue weighted by molar-refractivity contribution is 7.89. The molecule has 0 atom stereocenters. The Labute approximate surface area is 99.6 Å². The second-order valence-corrected chi connectivity index (χ2v) is 5.24. The number of nitrogens with one attached hydrogen (secondary N) is 1. The number of benzene rings is 1. The van der Waals surface area contributed by atoms with Crippen molar-refractivity contribution in [1.29, 1.82) is 0 Å². The monoisotopic (exact) mass is 264 g/mol. The summed E-state index contributed by atoms with van der Waals surface area (Å²) in [5, 5.41) is 0.397. The van der Waals surface area contributed by atoms with Gasteiger partial charge in [-0.2, -0.15) is 0 Å². The largest absolute Gasteiger partial charge is 0.398 e. The number of nitrogen functional groups attached to an aromatic ring is 1. The van der Waals surface area contributed by atoms with Gasteiger partial charge in [-0.1, -0.05) is 11.6 Å². The van der Waals surface area contributed by atoms with Crippen LogP contribution in [0.4, 0.5) is 5.69 Å². The van der Waals surface area contributed by atoms with Gasteiger partial charge in [0.15, 0.2) is 0 Å². The summed E-state index contributed by atoms with van der Waals surface area (Å²) in [6.07, 6.45) is 0. The van der Waals surface area contributed by atoms with E-state index in [0.29, 0.717) is 11.6 Å². The smallest absolute Gasteiger partial charge is 0.242 e. The highest BCUT2D eigenvalue weighted by Crippen LogP contribution is 2.21. The zero-order valence-electron chi connectivity index (χ0n) is 8.73. The van der Waals surface area contributed by atoms with E-state index in [-0.39, 0.29) is 17.1 Å². The average Bonchev–Trinajstić information content (AvgIpc) is 2.17. The van der Waals surface area contributed by atoms with Crippen molar-refractivity contribution in [3.63, 3.8) is 0 Å². The molecule has 16 heavy (non-hydrogen) atoms. The van der Waals surface area contributed by atoms with Crippen molar-refractivity contribution < 1.29 is 13.2 Å². The number of hydrogen-bond acceptors (Lipinski definition) is 4. The van der Waals surface area contributed by atoms with E-state index in [9.17, 15) is 8.42 Å². The normalized spacial score (nSPS) is 11.6. The predicted octanol–water partition coefficient (Wildman–Crippen LogP) is 0.847. The summed E-state index contributed by atoms with van der Waals surface area (Å²) in [6.45, 7) is 0.494. The van der Waals surface area contributed by atoms with Gasteiger partial charge in [-0.05, 0) is 18.2 Å². The number of halogens is 1. The number of sulfonamides is 1. The third-order valence-electron chi connectivity index (χ3n) is 1.86. The number of rotatable bonds is 5. The van der Waals surface area contributed by atoms with E-state index in [1.54, 1.807) is 0 Å². The Balaban J connectivity index is 2.90. The van der Waals surface area contributed by atoms with E-state index in [0.717, 1.165) is 0 Å². The number of methoxy groups -OCH3 is 1. The molecule has 0 radical (unpaired) electrons. The Kier molecular flexibility index (Phi) is 4.55. The van der Waals surface area contributed by atoms with Crippen molar-refractivity contribution in [3.05, 3.63) is 23.2 Å². The van der Waals surface area contributed by atoms with E-state index >= 15 is 0 Å². The zero-order valence-corrected chi connectivity index (χ0v) is 10.3. The molecule has 0 aliphatic carbocycles. The first-order chi connectivity index (χ1) is 7.47. The SMILES string of the molecule is COCCNS(=O)(=O)c1ccc(Cl)cc1N. The molecule has 0 aliphatic heterocycles. The summed E-state index contributed by atoms with van der Waals surface area (Å²) in [6, 6.07) is 4.24. The molecule has 0 bridgehead atoms. The molecule has 0 heterocycles. The van der Waals surface area contributed by atoms with Gasteiger partial charge < -0.3 is 10.5 Å². The van der Waals surface area contributed by atoms with Crippen LogP contribution in [-0.2, 0) is 14.8 Å². The number of ether oxygens (including phenoxy) is 1. The molecule has 1 rings (SSSR count). The van der Waals surface area contributed by atoms with Gasteiger partial charge in [-0.3, -0.25) is 0 Å². The number of nitrogens with two attached hydrogens (primary N) is 1. The molecule has 7 heteroatoms. The van der Waals surface area contributed by atoms with Gasteiger partial charge in [0, 0.05) is 18.7 Å². The summed E-state index contributed by atoms with van der Waals surface area (Å²) < 4.78 is 30.6. The molecule has 5 nitrogen and oxygen atoms in total. The molecular formula is C9H13ClN2O3S. The topological polar surface area (TPSA) is 81.4 Å². The predicted molar refractivity (Wildman–Crippen MR) is 62.9 cm³/mol. The Bertz CT molecular complexity index is 462. The van der Waals surface area contributed by atoms with Gasteiger partial charge in [-0.25, -0.2) is 13.1 Å². The minimum atomic E-state index is -3.59. The van der Waals surface area contributed by atoms with E-state index in [1.165, 1.54) is 25.3 Å². The Morgan fingerprint density at radius 2 is 2.19 bits per heavy atom. The van der Waals surface area contributed by atoms with Gasteiger partial charge in [0.25, 0.3) is 0 Å².